The normalized spacial score (nSPS) is 13.7. The topological polar surface area (TPSA) is 50.9 Å². The Bertz CT molecular complexity index is 3630. The van der Waals surface area contributed by atoms with Crippen molar-refractivity contribution >= 4 is 11.0 Å². The molecule has 0 amide bonds. The molecule has 72 heavy (non-hydrogen) atoms. The van der Waals surface area contributed by atoms with Gasteiger partial charge < -0.3 is 5.11 Å². The molecule has 4 nitrogen and oxygen atoms in total. The van der Waals surface area contributed by atoms with E-state index in [9.17, 15) is 5.11 Å². The Hall–Kier alpha value is -7.04. The average molecular weight is 952 g/mol. The zero-order valence-corrected chi connectivity index (χ0v) is 44.8. The molecule has 2 heterocycles. The minimum absolute atomic E-state index is 0.109. The van der Waals surface area contributed by atoms with Crippen molar-refractivity contribution < 1.29 is 10.6 Å². The van der Waals surface area contributed by atoms with Crippen LogP contribution in [-0.2, 0) is 21.7 Å². The number of hydrogen-bond donors (Lipinski definition) is 1. The third-order valence-electron chi connectivity index (χ3n) is 14.2. The molecule has 9 rings (SSSR count). The summed E-state index contributed by atoms with van der Waals surface area (Å²) in [4.78, 5) is 10.7. The number of rotatable bonds is 8. The van der Waals surface area contributed by atoms with E-state index in [4.69, 9.17) is 15.5 Å². The van der Waals surface area contributed by atoms with Crippen molar-refractivity contribution in [3.05, 3.63) is 191 Å². The highest BCUT2D eigenvalue weighted by Gasteiger charge is 2.30. The molecule has 0 radical (unpaired) electrons. The van der Waals surface area contributed by atoms with Crippen molar-refractivity contribution in [3.63, 3.8) is 0 Å². The van der Waals surface area contributed by atoms with E-state index in [0.717, 1.165) is 94.7 Å². The maximum Gasteiger partial charge on any atom is 0.149 e. The number of aryl methyl sites for hydroxylation is 1. The van der Waals surface area contributed by atoms with Gasteiger partial charge in [0, 0.05) is 33.9 Å². The second-order valence-electron chi connectivity index (χ2n) is 24.0. The summed E-state index contributed by atoms with van der Waals surface area (Å²) in [5, 5.41) is 12.8. The van der Waals surface area contributed by atoms with E-state index in [1.54, 1.807) is 0 Å². The summed E-state index contributed by atoms with van der Waals surface area (Å²) in [6.07, 6.45) is 1.87. The summed E-state index contributed by atoms with van der Waals surface area (Å²) >= 11 is 0. The number of phenolic OH excluding ortho intramolecular Hbond substituents is 1. The monoisotopic (exact) mass is 952 g/mol. The van der Waals surface area contributed by atoms with E-state index in [1.165, 1.54) is 0 Å². The Kier molecular flexibility index (Phi) is 11.5. The predicted molar refractivity (Wildman–Crippen MR) is 307 cm³/mol. The summed E-state index contributed by atoms with van der Waals surface area (Å²) in [6, 6.07) is 51.7. The Balaban J connectivity index is 1.39. The number of benzene rings is 7. The van der Waals surface area contributed by atoms with Crippen LogP contribution in [0.15, 0.2) is 158 Å². The Labute approximate surface area is 435 Å². The van der Waals surface area contributed by atoms with Gasteiger partial charge >= 0.3 is 0 Å². The number of pyridine rings is 1. The van der Waals surface area contributed by atoms with Gasteiger partial charge in [-0.15, -0.1) is 0 Å². The highest BCUT2D eigenvalue weighted by Crippen LogP contribution is 2.47. The van der Waals surface area contributed by atoms with Crippen molar-refractivity contribution in [2.75, 3.05) is 0 Å². The van der Waals surface area contributed by atoms with E-state index >= 15 is 0 Å². The van der Waals surface area contributed by atoms with Gasteiger partial charge in [0.05, 0.1) is 28.0 Å². The van der Waals surface area contributed by atoms with Crippen molar-refractivity contribution in [2.45, 2.75) is 131 Å². The van der Waals surface area contributed by atoms with E-state index in [0.29, 0.717) is 17.0 Å². The van der Waals surface area contributed by atoms with Crippen LogP contribution >= 0.6 is 0 Å². The lowest BCUT2D eigenvalue weighted by Crippen LogP contribution is -2.17. The second kappa shape index (κ2) is 18.5. The number of aromatic nitrogens is 3. The number of aromatic hydroxyl groups is 1. The van der Waals surface area contributed by atoms with E-state index in [1.807, 2.05) is 80.7 Å². The van der Waals surface area contributed by atoms with E-state index in [2.05, 4.69) is 179 Å². The van der Waals surface area contributed by atoms with Crippen LogP contribution in [-0.4, -0.2) is 19.6 Å². The van der Waals surface area contributed by atoms with Crippen LogP contribution in [0.4, 0.5) is 0 Å². The standard InChI is InChI=1S/C68H73N3O/c1-42(2)44-24-26-45(27-25-44)48-32-33-69-59(38-48)50-35-49(36-52(37-50)66(7,8)9)54-22-19-23-60-62(54)70-64(57-39-53(67(10,11)12)40-58(63(57)72)68(13,14)15)71(60)61-41-55(46-20-17-16-18-21-46)43(3)34-56(61)47-28-30-51(31-29-47)65(4,5)6/h16-42,72H,1-15H3/i3D3,42D. The summed E-state index contributed by atoms with van der Waals surface area (Å²) in [7, 11) is 0. The fourth-order valence-corrected chi connectivity index (χ4v) is 9.71. The third-order valence-corrected chi connectivity index (χ3v) is 14.2. The number of fused-ring (bicyclic) bond motifs is 1. The van der Waals surface area contributed by atoms with Crippen LogP contribution in [0.3, 0.4) is 0 Å². The van der Waals surface area contributed by atoms with E-state index < -0.39 is 18.2 Å². The van der Waals surface area contributed by atoms with Gasteiger partial charge in [-0.2, -0.15) is 0 Å². The largest absolute Gasteiger partial charge is 0.507 e. The van der Waals surface area contributed by atoms with E-state index in [-0.39, 0.29) is 27.6 Å². The minimum atomic E-state index is -2.45. The predicted octanol–water partition coefficient (Wildman–Crippen LogP) is 18.7. The summed E-state index contributed by atoms with van der Waals surface area (Å²) in [5.41, 5.74) is 15.8. The fourth-order valence-electron chi connectivity index (χ4n) is 9.71. The molecule has 7 aromatic carbocycles. The van der Waals surface area contributed by atoms with Gasteiger partial charge in [-0.3, -0.25) is 9.55 Å². The summed E-state index contributed by atoms with van der Waals surface area (Å²) in [6.45, 7) is 27.5. The van der Waals surface area contributed by atoms with Crippen molar-refractivity contribution in [1.82, 2.24) is 14.5 Å². The molecule has 0 aliphatic rings. The zero-order valence-electron chi connectivity index (χ0n) is 48.8. The maximum atomic E-state index is 12.8. The molecule has 0 saturated carbocycles. The summed E-state index contributed by atoms with van der Waals surface area (Å²) < 4.78 is 37.7. The first kappa shape index (κ1) is 44.9. The summed E-state index contributed by atoms with van der Waals surface area (Å²) in [5.74, 6) is -0.0164. The maximum absolute atomic E-state index is 12.8. The molecule has 0 fully saturated rings. The van der Waals surface area contributed by atoms with Gasteiger partial charge in [-0.1, -0.05) is 200 Å². The van der Waals surface area contributed by atoms with Crippen LogP contribution in [0.25, 0.3) is 83.9 Å². The van der Waals surface area contributed by atoms with Crippen LogP contribution < -0.4 is 0 Å². The van der Waals surface area contributed by atoms with Gasteiger partial charge in [-0.05, 0) is 144 Å². The SMILES string of the molecule is [2H]C([2H])([2H])c1cc(-c2ccc(C(C)(C)C)cc2)c(-n2c(-c3cc(C(C)(C)C)cc(C(C)(C)C)c3O)nc3c(-c4cc(-c5cc(-c6ccc(C([2H])(C)C)cc6)ccn5)cc(C(C)(C)C)c4)cccc32)cc1-c1ccccc1. The molecule has 9 aromatic rings. The van der Waals surface area contributed by atoms with Crippen LogP contribution in [0.5, 0.6) is 5.75 Å². The Morgan fingerprint density at radius 2 is 1.12 bits per heavy atom. The average Bonchev–Trinajstić information content (AvgIpc) is 3.74. The van der Waals surface area contributed by atoms with Crippen molar-refractivity contribution in [2.24, 2.45) is 0 Å². The lowest BCUT2D eigenvalue weighted by Gasteiger charge is -2.28. The molecule has 2 aromatic heterocycles. The molecular formula is C68H73N3O. The third kappa shape index (κ3) is 9.81. The first-order valence-electron chi connectivity index (χ1n) is 27.4. The van der Waals surface area contributed by atoms with Crippen LogP contribution in [0, 0.1) is 6.85 Å². The number of nitrogens with zero attached hydrogens (tertiary/aromatic N) is 3. The van der Waals surface area contributed by atoms with Crippen molar-refractivity contribution in [3.8, 4) is 78.6 Å². The molecular weight excluding hydrogens is 875 g/mol. The molecule has 1 N–H and O–H groups in total. The molecule has 0 spiro atoms. The lowest BCUT2D eigenvalue weighted by molar-refractivity contribution is 0.446. The van der Waals surface area contributed by atoms with Crippen molar-refractivity contribution in [1.29, 1.82) is 0 Å². The first-order valence-corrected chi connectivity index (χ1v) is 25.4. The molecule has 0 bridgehead atoms. The van der Waals surface area contributed by atoms with Gasteiger partial charge in [0.1, 0.15) is 11.6 Å². The molecule has 366 valence electrons. The number of imidazole rings is 1. The minimum Gasteiger partial charge on any atom is -0.507 e. The molecule has 0 atom stereocenters. The highest BCUT2D eigenvalue weighted by atomic mass is 16.3. The molecule has 0 saturated heterocycles. The quantitative estimate of drug-likeness (QED) is 0.165. The van der Waals surface area contributed by atoms with Gasteiger partial charge in [-0.25, -0.2) is 4.98 Å². The van der Waals surface area contributed by atoms with Crippen LogP contribution in [0.2, 0.25) is 0 Å². The smallest absolute Gasteiger partial charge is 0.149 e. The molecule has 0 unspecified atom stereocenters. The Morgan fingerprint density at radius 1 is 0.500 bits per heavy atom. The highest BCUT2D eigenvalue weighted by molar-refractivity contribution is 5.98. The van der Waals surface area contributed by atoms with Gasteiger partial charge in [0.25, 0.3) is 0 Å². The first-order chi connectivity index (χ1) is 35.4. The molecule has 4 heteroatoms. The lowest BCUT2D eigenvalue weighted by atomic mass is 9.79. The van der Waals surface area contributed by atoms with Gasteiger partial charge in [0.2, 0.25) is 0 Å². The Morgan fingerprint density at radius 3 is 1.75 bits per heavy atom. The molecule has 0 aliphatic heterocycles. The van der Waals surface area contributed by atoms with Gasteiger partial charge in [0.15, 0.2) is 0 Å². The number of hydrogen-bond acceptors (Lipinski definition) is 3. The number of para-hydroxylation sites is 1. The molecule has 0 aliphatic carbocycles. The number of phenols is 1. The second-order valence-corrected chi connectivity index (χ2v) is 24.0. The zero-order chi connectivity index (χ0) is 55.1. The van der Waals surface area contributed by atoms with Crippen LogP contribution in [0.1, 0.15) is 142 Å². The fraction of sp³-hybridized carbons (Fsp3) is 0.294.